The molecule has 5 rings (SSSR count). The summed E-state index contributed by atoms with van der Waals surface area (Å²) in [6.07, 6.45) is 0. The van der Waals surface area contributed by atoms with Crippen LogP contribution >= 0.6 is 0 Å². The monoisotopic (exact) mass is 400 g/mol. The van der Waals surface area contributed by atoms with E-state index in [4.69, 9.17) is 37.6 Å². The highest BCUT2D eigenvalue weighted by molar-refractivity contribution is 5.97. The van der Waals surface area contributed by atoms with Crippen LogP contribution in [-0.4, -0.2) is 34.9 Å². The number of fused-ring (bicyclic) bond motifs is 3. The summed E-state index contributed by atoms with van der Waals surface area (Å²) in [7, 11) is 4.28. The van der Waals surface area contributed by atoms with E-state index in [1.807, 2.05) is 0 Å². The Kier molecular flexibility index (Phi) is 3.83. The van der Waals surface area contributed by atoms with Gasteiger partial charge in [0.1, 0.15) is 5.39 Å². The molecule has 3 heterocycles. The zero-order chi connectivity index (χ0) is 20.1. The minimum absolute atomic E-state index is 0.00980. The van der Waals surface area contributed by atoms with Gasteiger partial charge >= 0.3 is 0 Å². The summed E-state index contributed by atoms with van der Waals surface area (Å²) in [6.45, 7) is 0.102. The fourth-order valence-electron chi connectivity index (χ4n) is 3.51. The van der Waals surface area contributed by atoms with Crippen LogP contribution in [0.2, 0.25) is 0 Å². The first-order valence-corrected chi connectivity index (χ1v) is 8.66. The van der Waals surface area contributed by atoms with E-state index in [0.29, 0.717) is 22.8 Å². The molecule has 3 aromatic rings. The summed E-state index contributed by atoms with van der Waals surface area (Å²) in [4.78, 5) is 13.4. The lowest BCUT2D eigenvalue weighted by Crippen LogP contribution is -2.10. The van der Waals surface area contributed by atoms with Gasteiger partial charge in [0.2, 0.25) is 42.0 Å². The van der Waals surface area contributed by atoms with Gasteiger partial charge in [-0.3, -0.25) is 4.79 Å². The fourth-order valence-corrected chi connectivity index (χ4v) is 3.51. The molecule has 2 aliphatic rings. The van der Waals surface area contributed by atoms with Gasteiger partial charge in [-0.1, -0.05) is 0 Å². The summed E-state index contributed by atoms with van der Waals surface area (Å²) >= 11 is 0. The summed E-state index contributed by atoms with van der Waals surface area (Å²) in [5, 5.41) is 0.134. The molecular formula is C20H16O9. The lowest BCUT2D eigenvalue weighted by Gasteiger charge is -2.15. The number of hydrogen-bond acceptors (Lipinski definition) is 9. The van der Waals surface area contributed by atoms with Gasteiger partial charge in [0.25, 0.3) is 0 Å². The van der Waals surface area contributed by atoms with Crippen molar-refractivity contribution < 1.29 is 37.6 Å². The molecule has 0 aliphatic carbocycles. The maximum atomic E-state index is 13.4. The van der Waals surface area contributed by atoms with E-state index in [1.54, 1.807) is 18.2 Å². The minimum atomic E-state index is -0.435. The number of ether oxygens (including phenoxy) is 7. The lowest BCUT2D eigenvalue weighted by atomic mass is 10.1. The molecule has 0 spiro atoms. The van der Waals surface area contributed by atoms with Gasteiger partial charge in [-0.15, -0.1) is 0 Å². The highest BCUT2D eigenvalue weighted by Crippen LogP contribution is 2.53. The van der Waals surface area contributed by atoms with E-state index in [1.165, 1.54) is 21.3 Å². The van der Waals surface area contributed by atoms with Crippen LogP contribution in [0.25, 0.3) is 22.3 Å². The Labute approximate surface area is 164 Å². The first kappa shape index (κ1) is 17.4. The highest BCUT2D eigenvalue weighted by Gasteiger charge is 2.33. The number of methoxy groups -OCH3 is 3. The van der Waals surface area contributed by atoms with Crippen LogP contribution in [0.4, 0.5) is 0 Å². The van der Waals surface area contributed by atoms with E-state index in [0.717, 1.165) is 0 Å². The van der Waals surface area contributed by atoms with Crippen molar-refractivity contribution >= 4 is 11.0 Å². The molecule has 9 heteroatoms. The topological polar surface area (TPSA) is 94.8 Å². The molecule has 1 aromatic heterocycles. The Morgan fingerprint density at radius 1 is 0.793 bits per heavy atom. The van der Waals surface area contributed by atoms with Crippen molar-refractivity contribution in [3.05, 3.63) is 28.4 Å². The van der Waals surface area contributed by atoms with Crippen LogP contribution in [0, 0.1) is 0 Å². The van der Waals surface area contributed by atoms with Gasteiger partial charge in [0.05, 0.1) is 21.3 Å². The number of hydrogen-bond donors (Lipinski definition) is 0. The molecule has 9 nitrogen and oxygen atoms in total. The molecule has 0 radical (unpaired) electrons. The van der Waals surface area contributed by atoms with Crippen molar-refractivity contribution in [3.63, 3.8) is 0 Å². The summed E-state index contributed by atoms with van der Waals surface area (Å²) in [5.74, 6) is 2.38. The standard InChI is InChI=1S/C20H16O9/c1-22-15-12-13(21)17(23-2)14(9-4-5-10-11(6-9)26-7-25-10)29-16(12)18(24-3)20-19(15)27-8-28-20/h4-6H,7-8H2,1-3H3. The zero-order valence-electron chi connectivity index (χ0n) is 15.8. The number of rotatable bonds is 4. The molecule has 0 unspecified atom stereocenters. The van der Waals surface area contributed by atoms with Gasteiger partial charge in [0, 0.05) is 5.56 Å². The summed E-state index contributed by atoms with van der Waals surface area (Å²) < 4.78 is 44.2. The predicted molar refractivity (Wildman–Crippen MR) is 99.8 cm³/mol. The van der Waals surface area contributed by atoms with Gasteiger partial charge in [-0.2, -0.15) is 0 Å². The molecule has 0 saturated carbocycles. The first-order chi connectivity index (χ1) is 14.2. The Morgan fingerprint density at radius 2 is 1.45 bits per heavy atom. The predicted octanol–water partition coefficient (Wildman–Crippen LogP) is 2.94. The van der Waals surface area contributed by atoms with Crippen molar-refractivity contribution in [1.29, 1.82) is 0 Å². The maximum absolute atomic E-state index is 13.4. The second-order valence-corrected chi connectivity index (χ2v) is 6.20. The Bertz CT molecular complexity index is 1200. The molecule has 150 valence electrons. The molecule has 29 heavy (non-hydrogen) atoms. The molecule has 2 aromatic carbocycles. The van der Waals surface area contributed by atoms with Crippen LogP contribution in [-0.2, 0) is 0 Å². The fraction of sp³-hybridized carbons (Fsp3) is 0.250. The van der Waals surface area contributed by atoms with E-state index >= 15 is 0 Å². The SMILES string of the molecule is COc1c(-c2ccc3c(c2)OCO3)oc2c(OC)c3c(c(OC)c2c1=O)OCO3. The van der Waals surface area contributed by atoms with Gasteiger partial charge < -0.3 is 37.6 Å². The van der Waals surface area contributed by atoms with Crippen molar-refractivity contribution in [3.8, 4) is 51.6 Å². The third-order valence-electron chi connectivity index (χ3n) is 4.78. The van der Waals surface area contributed by atoms with Crippen LogP contribution < -0.4 is 38.6 Å². The third kappa shape index (κ3) is 2.36. The van der Waals surface area contributed by atoms with Crippen LogP contribution in [0.3, 0.4) is 0 Å². The minimum Gasteiger partial charge on any atom is -0.492 e. The van der Waals surface area contributed by atoms with Crippen LogP contribution in [0.1, 0.15) is 0 Å². The molecule has 0 bridgehead atoms. The van der Waals surface area contributed by atoms with Crippen molar-refractivity contribution in [2.24, 2.45) is 0 Å². The van der Waals surface area contributed by atoms with Crippen LogP contribution in [0.15, 0.2) is 27.4 Å². The molecule has 0 amide bonds. The number of benzene rings is 2. The van der Waals surface area contributed by atoms with Crippen molar-refractivity contribution in [2.45, 2.75) is 0 Å². The quantitative estimate of drug-likeness (QED) is 0.655. The van der Waals surface area contributed by atoms with Crippen molar-refractivity contribution in [2.75, 3.05) is 34.9 Å². The largest absolute Gasteiger partial charge is 0.492 e. The average molecular weight is 400 g/mol. The van der Waals surface area contributed by atoms with Crippen LogP contribution in [0.5, 0.6) is 40.2 Å². The maximum Gasteiger partial charge on any atom is 0.239 e. The zero-order valence-corrected chi connectivity index (χ0v) is 15.8. The third-order valence-corrected chi connectivity index (χ3v) is 4.78. The Hall–Kier alpha value is -3.75. The highest BCUT2D eigenvalue weighted by atomic mass is 16.7. The van der Waals surface area contributed by atoms with Gasteiger partial charge in [-0.25, -0.2) is 0 Å². The Morgan fingerprint density at radius 3 is 2.17 bits per heavy atom. The normalized spacial score (nSPS) is 13.6. The molecule has 0 fully saturated rings. The smallest absolute Gasteiger partial charge is 0.239 e. The molecule has 0 atom stereocenters. The first-order valence-electron chi connectivity index (χ1n) is 8.66. The van der Waals surface area contributed by atoms with Gasteiger partial charge in [-0.05, 0) is 18.2 Å². The Balaban J connectivity index is 1.87. The van der Waals surface area contributed by atoms with Gasteiger partial charge in [0.15, 0.2) is 28.6 Å². The average Bonchev–Trinajstić information content (AvgIpc) is 3.40. The molecular weight excluding hydrogens is 384 g/mol. The molecule has 2 aliphatic heterocycles. The van der Waals surface area contributed by atoms with E-state index in [2.05, 4.69) is 0 Å². The lowest BCUT2D eigenvalue weighted by molar-refractivity contribution is 0.169. The second kappa shape index (κ2) is 6.40. The van der Waals surface area contributed by atoms with E-state index < -0.39 is 5.43 Å². The summed E-state index contributed by atoms with van der Waals surface area (Å²) in [6, 6.07) is 5.20. The molecule has 0 saturated heterocycles. The van der Waals surface area contributed by atoms with E-state index in [-0.39, 0.29) is 53.3 Å². The molecule has 0 N–H and O–H groups in total. The van der Waals surface area contributed by atoms with E-state index in [9.17, 15) is 4.79 Å². The summed E-state index contributed by atoms with van der Waals surface area (Å²) in [5.41, 5.74) is 0.297. The second-order valence-electron chi connectivity index (χ2n) is 6.20. The van der Waals surface area contributed by atoms with Crippen molar-refractivity contribution in [1.82, 2.24) is 0 Å².